The SMILES string of the molecule is CC(=O)c1cccc(NC(=O)C(C)n2nc(-c3ccc(F)cc3)ccc2=O)c1. The first-order chi connectivity index (χ1) is 13.3. The molecule has 3 rings (SSSR count). The Morgan fingerprint density at radius 2 is 1.79 bits per heavy atom. The van der Waals surface area contributed by atoms with Crippen LogP contribution < -0.4 is 10.9 Å². The van der Waals surface area contributed by atoms with Gasteiger partial charge >= 0.3 is 0 Å². The van der Waals surface area contributed by atoms with E-state index in [1.165, 1.54) is 31.2 Å². The fourth-order valence-electron chi connectivity index (χ4n) is 2.65. The molecular weight excluding hydrogens is 361 g/mol. The summed E-state index contributed by atoms with van der Waals surface area (Å²) in [5, 5.41) is 6.94. The minimum absolute atomic E-state index is 0.117. The number of halogens is 1. The van der Waals surface area contributed by atoms with E-state index < -0.39 is 17.5 Å². The predicted octanol–water partition coefficient (Wildman–Crippen LogP) is 3.45. The van der Waals surface area contributed by atoms with E-state index in [4.69, 9.17) is 0 Å². The van der Waals surface area contributed by atoms with Gasteiger partial charge in [0.25, 0.3) is 5.56 Å². The van der Waals surface area contributed by atoms with Crippen molar-refractivity contribution in [3.63, 3.8) is 0 Å². The van der Waals surface area contributed by atoms with E-state index >= 15 is 0 Å². The topological polar surface area (TPSA) is 81.1 Å². The van der Waals surface area contributed by atoms with Gasteiger partial charge in [0.2, 0.25) is 5.91 Å². The molecule has 7 heteroatoms. The quantitative estimate of drug-likeness (QED) is 0.689. The molecule has 0 fully saturated rings. The fraction of sp³-hybridized carbons (Fsp3) is 0.143. The first-order valence-electron chi connectivity index (χ1n) is 8.63. The maximum Gasteiger partial charge on any atom is 0.267 e. The number of anilines is 1. The number of Topliss-reactive ketones (excluding diaryl/α,β-unsaturated/α-hetero) is 1. The maximum atomic E-state index is 13.1. The molecule has 0 saturated heterocycles. The molecule has 0 aliphatic heterocycles. The molecule has 2 aromatic carbocycles. The predicted molar refractivity (Wildman–Crippen MR) is 104 cm³/mol. The van der Waals surface area contributed by atoms with Crippen molar-refractivity contribution in [2.45, 2.75) is 19.9 Å². The van der Waals surface area contributed by atoms with Crippen molar-refractivity contribution >= 4 is 17.4 Å². The molecular formula is C21H18FN3O3. The van der Waals surface area contributed by atoms with E-state index in [2.05, 4.69) is 10.4 Å². The van der Waals surface area contributed by atoms with Gasteiger partial charge in [0.15, 0.2) is 5.78 Å². The molecule has 0 radical (unpaired) electrons. The summed E-state index contributed by atoms with van der Waals surface area (Å²) in [7, 11) is 0. The Balaban J connectivity index is 1.86. The molecule has 1 heterocycles. The van der Waals surface area contributed by atoms with Gasteiger partial charge in [-0.3, -0.25) is 14.4 Å². The third kappa shape index (κ3) is 4.20. The summed E-state index contributed by atoms with van der Waals surface area (Å²) < 4.78 is 14.2. The normalized spacial score (nSPS) is 11.7. The fourth-order valence-corrected chi connectivity index (χ4v) is 2.65. The van der Waals surface area contributed by atoms with Gasteiger partial charge in [-0.25, -0.2) is 9.07 Å². The van der Waals surface area contributed by atoms with E-state index in [1.54, 1.807) is 43.3 Å². The van der Waals surface area contributed by atoms with Crippen LogP contribution >= 0.6 is 0 Å². The highest BCUT2D eigenvalue weighted by molar-refractivity contribution is 5.97. The summed E-state index contributed by atoms with van der Waals surface area (Å²) in [5.41, 5.74) is 1.55. The number of aromatic nitrogens is 2. The molecule has 0 bridgehead atoms. The highest BCUT2D eigenvalue weighted by Gasteiger charge is 2.18. The molecule has 6 nitrogen and oxygen atoms in total. The number of nitrogens with zero attached hydrogens (tertiary/aromatic N) is 2. The number of hydrogen-bond donors (Lipinski definition) is 1. The van der Waals surface area contributed by atoms with Gasteiger partial charge in [-0.05, 0) is 56.3 Å². The smallest absolute Gasteiger partial charge is 0.267 e. The molecule has 0 spiro atoms. The summed E-state index contributed by atoms with van der Waals surface area (Å²) in [5.74, 6) is -0.946. The second-order valence-electron chi connectivity index (χ2n) is 6.31. The molecule has 0 aliphatic carbocycles. The number of nitrogens with one attached hydrogen (secondary N) is 1. The molecule has 1 atom stereocenters. The van der Waals surface area contributed by atoms with E-state index in [1.807, 2.05) is 0 Å². The van der Waals surface area contributed by atoms with E-state index in [0.717, 1.165) is 4.68 Å². The summed E-state index contributed by atoms with van der Waals surface area (Å²) >= 11 is 0. The Bertz CT molecular complexity index is 1090. The number of rotatable bonds is 5. The van der Waals surface area contributed by atoms with Crippen molar-refractivity contribution in [1.82, 2.24) is 9.78 Å². The second kappa shape index (κ2) is 7.96. The zero-order valence-corrected chi connectivity index (χ0v) is 15.3. The van der Waals surface area contributed by atoms with Gasteiger partial charge in [0.05, 0.1) is 5.69 Å². The molecule has 3 aromatic rings. The minimum atomic E-state index is -0.895. The third-order valence-corrected chi connectivity index (χ3v) is 4.25. The van der Waals surface area contributed by atoms with Crippen LogP contribution in [0.15, 0.2) is 65.5 Å². The Morgan fingerprint density at radius 3 is 2.46 bits per heavy atom. The number of amides is 1. The van der Waals surface area contributed by atoms with E-state index in [-0.39, 0.29) is 11.6 Å². The van der Waals surface area contributed by atoms with Gasteiger partial charge in [0.1, 0.15) is 11.9 Å². The van der Waals surface area contributed by atoms with Crippen molar-refractivity contribution in [1.29, 1.82) is 0 Å². The van der Waals surface area contributed by atoms with Gasteiger partial charge in [-0.2, -0.15) is 5.10 Å². The highest BCUT2D eigenvalue weighted by Crippen LogP contribution is 2.17. The van der Waals surface area contributed by atoms with Gasteiger partial charge in [0, 0.05) is 22.9 Å². The van der Waals surface area contributed by atoms with Crippen LogP contribution in [0, 0.1) is 5.82 Å². The average Bonchev–Trinajstić information content (AvgIpc) is 2.68. The van der Waals surface area contributed by atoms with Crippen LogP contribution in [-0.4, -0.2) is 21.5 Å². The van der Waals surface area contributed by atoms with Crippen molar-refractivity contribution in [3.8, 4) is 11.3 Å². The van der Waals surface area contributed by atoms with Crippen molar-refractivity contribution in [2.24, 2.45) is 0 Å². The average molecular weight is 379 g/mol. The van der Waals surface area contributed by atoms with Crippen LogP contribution in [0.4, 0.5) is 10.1 Å². The zero-order chi connectivity index (χ0) is 20.3. The van der Waals surface area contributed by atoms with Crippen LogP contribution in [0.3, 0.4) is 0 Å². The van der Waals surface area contributed by atoms with E-state index in [9.17, 15) is 18.8 Å². The van der Waals surface area contributed by atoms with Crippen molar-refractivity contribution in [3.05, 3.63) is 82.4 Å². The lowest BCUT2D eigenvalue weighted by molar-refractivity contribution is -0.119. The molecule has 142 valence electrons. The first-order valence-corrected chi connectivity index (χ1v) is 8.63. The van der Waals surface area contributed by atoms with Gasteiger partial charge in [-0.15, -0.1) is 0 Å². The molecule has 0 saturated carbocycles. The standard InChI is InChI=1S/C21H18FN3O3/c1-13(21(28)23-18-5-3-4-16(12-18)14(2)26)25-20(27)11-10-19(24-25)15-6-8-17(22)9-7-15/h3-13H,1-2H3,(H,23,28). The Kier molecular flexibility index (Phi) is 5.44. The van der Waals surface area contributed by atoms with Gasteiger partial charge < -0.3 is 5.32 Å². The zero-order valence-electron chi connectivity index (χ0n) is 15.3. The molecule has 28 heavy (non-hydrogen) atoms. The lowest BCUT2D eigenvalue weighted by atomic mass is 10.1. The molecule has 1 N–H and O–H groups in total. The summed E-state index contributed by atoms with van der Waals surface area (Å²) in [6, 6.07) is 14.2. The third-order valence-electron chi connectivity index (χ3n) is 4.25. The largest absolute Gasteiger partial charge is 0.324 e. The number of ketones is 1. The monoisotopic (exact) mass is 379 g/mol. The lowest BCUT2D eigenvalue weighted by Crippen LogP contribution is -2.33. The number of carbonyl (C=O) groups is 2. The lowest BCUT2D eigenvalue weighted by Gasteiger charge is -2.15. The maximum absolute atomic E-state index is 13.1. The second-order valence-corrected chi connectivity index (χ2v) is 6.31. The van der Waals surface area contributed by atoms with Crippen LogP contribution in [-0.2, 0) is 4.79 Å². The minimum Gasteiger partial charge on any atom is -0.324 e. The Hall–Kier alpha value is -3.61. The van der Waals surface area contributed by atoms with Crippen molar-refractivity contribution < 1.29 is 14.0 Å². The van der Waals surface area contributed by atoms with Crippen molar-refractivity contribution in [2.75, 3.05) is 5.32 Å². The Morgan fingerprint density at radius 1 is 1.07 bits per heavy atom. The number of carbonyl (C=O) groups excluding carboxylic acids is 2. The van der Waals surface area contributed by atoms with Gasteiger partial charge in [-0.1, -0.05) is 12.1 Å². The molecule has 0 aliphatic rings. The molecule has 1 amide bonds. The number of hydrogen-bond acceptors (Lipinski definition) is 4. The Labute approximate surface area is 160 Å². The highest BCUT2D eigenvalue weighted by atomic mass is 19.1. The first kappa shape index (κ1) is 19.2. The van der Waals surface area contributed by atoms with Crippen LogP contribution in [0.25, 0.3) is 11.3 Å². The summed E-state index contributed by atoms with van der Waals surface area (Å²) in [6.07, 6.45) is 0. The molecule has 1 aromatic heterocycles. The van der Waals surface area contributed by atoms with Crippen LogP contribution in [0.1, 0.15) is 30.2 Å². The van der Waals surface area contributed by atoms with E-state index in [0.29, 0.717) is 22.5 Å². The van der Waals surface area contributed by atoms with Crippen LogP contribution in [0.5, 0.6) is 0 Å². The molecule has 1 unspecified atom stereocenters. The number of benzene rings is 2. The summed E-state index contributed by atoms with van der Waals surface area (Å²) in [6.45, 7) is 2.99. The van der Waals surface area contributed by atoms with Crippen LogP contribution in [0.2, 0.25) is 0 Å². The summed E-state index contributed by atoms with van der Waals surface area (Å²) in [4.78, 5) is 36.3.